The Kier molecular flexibility index (Phi) is 4.94. The van der Waals surface area contributed by atoms with Gasteiger partial charge in [0.15, 0.2) is 0 Å². The molecule has 2 heterocycles. The van der Waals surface area contributed by atoms with Crippen molar-refractivity contribution in [2.24, 2.45) is 5.73 Å². The van der Waals surface area contributed by atoms with Crippen LogP contribution in [0.15, 0.2) is 34.3 Å². The number of nitrogens with two attached hydrogens (primary N) is 1. The van der Waals surface area contributed by atoms with Gasteiger partial charge in [0.2, 0.25) is 5.91 Å². The van der Waals surface area contributed by atoms with Crippen molar-refractivity contribution < 1.29 is 9.21 Å². The number of nitrogens with one attached hydrogen (secondary N) is 1. The van der Waals surface area contributed by atoms with Gasteiger partial charge in [0.05, 0.1) is 17.9 Å². The van der Waals surface area contributed by atoms with E-state index in [4.69, 9.17) is 10.2 Å². The predicted molar refractivity (Wildman–Crippen MR) is 79.7 cm³/mol. The van der Waals surface area contributed by atoms with Gasteiger partial charge >= 0.3 is 0 Å². The maximum atomic E-state index is 11.0. The molecule has 2 aromatic heterocycles. The summed E-state index contributed by atoms with van der Waals surface area (Å²) in [5.41, 5.74) is 5.81. The zero-order chi connectivity index (χ0) is 14.5. The monoisotopic (exact) mass is 293 g/mol. The number of hydrogen-bond donors (Lipinski definition) is 2. The molecule has 0 radical (unpaired) electrons. The summed E-state index contributed by atoms with van der Waals surface area (Å²) in [5, 5.41) is 5.17. The SMILES string of the molecule is CN(C)C(CNCc1cc(C(N)=O)cs1)c1ccco1. The molecule has 0 saturated carbocycles. The summed E-state index contributed by atoms with van der Waals surface area (Å²) >= 11 is 1.54. The lowest BCUT2D eigenvalue weighted by molar-refractivity contribution is 0.100. The zero-order valence-corrected chi connectivity index (χ0v) is 12.4. The first-order chi connectivity index (χ1) is 9.58. The van der Waals surface area contributed by atoms with Crippen LogP contribution >= 0.6 is 11.3 Å². The third-order valence-electron chi connectivity index (χ3n) is 3.07. The first kappa shape index (κ1) is 14.8. The topological polar surface area (TPSA) is 71.5 Å². The summed E-state index contributed by atoms with van der Waals surface area (Å²) in [4.78, 5) is 14.2. The molecule has 2 aromatic rings. The summed E-state index contributed by atoms with van der Waals surface area (Å²) in [6, 6.07) is 5.88. The fraction of sp³-hybridized carbons (Fsp3) is 0.357. The summed E-state index contributed by atoms with van der Waals surface area (Å²) in [5.74, 6) is 0.556. The van der Waals surface area contributed by atoms with Crippen molar-refractivity contribution in [3.63, 3.8) is 0 Å². The molecule has 0 aliphatic rings. The molecule has 0 aliphatic heterocycles. The molecular formula is C14H19N3O2S. The van der Waals surface area contributed by atoms with Crippen LogP contribution in [0.2, 0.25) is 0 Å². The molecule has 0 aromatic carbocycles. The standard InChI is InChI=1S/C14H19N3O2S/c1-17(2)12(13-4-3-5-19-13)8-16-7-11-6-10(9-20-11)14(15)18/h3-6,9,12,16H,7-8H2,1-2H3,(H2,15,18). The second-order valence-corrected chi connectivity index (χ2v) is 5.79. The summed E-state index contributed by atoms with van der Waals surface area (Å²) in [6.45, 7) is 1.48. The summed E-state index contributed by atoms with van der Waals surface area (Å²) < 4.78 is 5.46. The third-order valence-corrected chi connectivity index (χ3v) is 4.01. The quantitative estimate of drug-likeness (QED) is 0.817. The molecule has 1 amide bonds. The van der Waals surface area contributed by atoms with Crippen molar-refractivity contribution in [3.05, 3.63) is 46.0 Å². The van der Waals surface area contributed by atoms with Gasteiger partial charge in [-0.15, -0.1) is 11.3 Å². The van der Waals surface area contributed by atoms with Gasteiger partial charge in [-0.25, -0.2) is 0 Å². The fourth-order valence-electron chi connectivity index (χ4n) is 1.95. The number of likely N-dealkylation sites (N-methyl/N-ethyl adjacent to an activating group) is 1. The van der Waals surface area contributed by atoms with Crippen LogP contribution in [0.3, 0.4) is 0 Å². The lowest BCUT2D eigenvalue weighted by Gasteiger charge is -2.22. The minimum atomic E-state index is -0.380. The normalized spacial score (nSPS) is 12.8. The van der Waals surface area contributed by atoms with Crippen molar-refractivity contribution in [3.8, 4) is 0 Å². The first-order valence-corrected chi connectivity index (χ1v) is 7.23. The number of carbonyl (C=O) groups is 1. The van der Waals surface area contributed by atoms with Crippen LogP contribution in [0.4, 0.5) is 0 Å². The second kappa shape index (κ2) is 6.69. The van der Waals surface area contributed by atoms with Crippen molar-refractivity contribution in [1.82, 2.24) is 10.2 Å². The number of furan rings is 1. The van der Waals surface area contributed by atoms with Gasteiger partial charge in [0.25, 0.3) is 0 Å². The number of amides is 1. The van der Waals surface area contributed by atoms with E-state index < -0.39 is 0 Å². The molecule has 3 N–H and O–H groups in total. The second-order valence-electron chi connectivity index (χ2n) is 4.79. The number of primary amides is 1. The highest BCUT2D eigenvalue weighted by atomic mass is 32.1. The van der Waals surface area contributed by atoms with Crippen LogP contribution in [0.1, 0.15) is 27.0 Å². The van der Waals surface area contributed by atoms with Crippen LogP contribution in [-0.2, 0) is 6.54 Å². The Labute approximate surface area is 122 Å². The van der Waals surface area contributed by atoms with E-state index in [0.717, 1.165) is 17.2 Å². The molecule has 108 valence electrons. The van der Waals surface area contributed by atoms with Gasteiger partial charge in [0, 0.05) is 23.3 Å². The van der Waals surface area contributed by atoms with Gasteiger partial charge in [-0.3, -0.25) is 9.69 Å². The maximum Gasteiger partial charge on any atom is 0.249 e. The minimum absolute atomic E-state index is 0.181. The lowest BCUT2D eigenvalue weighted by atomic mass is 10.2. The zero-order valence-electron chi connectivity index (χ0n) is 11.6. The average molecular weight is 293 g/mol. The van der Waals surface area contributed by atoms with E-state index in [0.29, 0.717) is 12.1 Å². The van der Waals surface area contributed by atoms with E-state index in [1.54, 1.807) is 11.6 Å². The van der Waals surface area contributed by atoms with Gasteiger partial charge in [-0.1, -0.05) is 0 Å². The summed E-state index contributed by atoms with van der Waals surface area (Å²) in [7, 11) is 4.04. The van der Waals surface area contributed by atoms with Crippen LogP contribution in [0.25, 0.3) is 0 Å². The molecule has 2 rings (SSSR count). The number of hydrogen-bond acceptors (Lipinski definition) is 5. The number of rotatable bonds is 7. The Morgan fingerprint density at radius 3 is 2.90 bits per heavy atom. The molecule has 5 nitrogen and oxygen atoms in total. The van der Waals surface area contributed by atoms with Crippen molar-refractivity contribution in [2.45, 2.75) is 12.6 Å². The average Bonchev–Trinajstić information content (AvgIpc) is 3.05. The molecule has 0 bridgehead atoms. The molecule has 0 spiro atoms. The molecule has 6 heteroatoms. The van der Waals surface area contributed by atoms with E-state index >= 15 is 0 Å². The molecule has 1 unspecified atom stereocenters. The molecule has 20 heavy (non-hydrogen) atoms. The maximum absolute atomic E-state index is 11.0. The van der Waals surface area contributed by atoms with E-state index in [2.05, 4.69) is 10.2 Å². The van der Waals surface area contributed by atoms with E-state index in [1.165, 1.54) is 11.3 Å². The van der Waals surface area contributed by atoms with Crippen molar-refractivity contribution >= 4 is 17.2 Å². The smallest absolute Gasteiger partial charge is 0.249 e. The molecule has 1 atom stereocenters. The molecular weight excluding hydrogens is 274 g/mol. The molecule has 0 aliphatic carbocycles. The van der Waals surface area contributed by atoms with Crippen molar-refractivity contribution in [1.29, 1.82) is 0 Å². The predicted octanol–water partition coefficient (Wildman–Crippen LogP) is 1.83. The first-order valence-electron chi connectivity index (χ1n) is 6.35. The Morgan fingerprint density at radius 1 is 1.55 bits per heavy atom. The third kappa shape index (κ3) is 3.69. The number of thiophene rings is 1. The van der Waals surface area contributed by atoms with Crippen LogP contribution in [0.5, 0.6) is 0 Å². The highest BCUT2D eigenvalue weighted by Crippen LogP contribution is 2.18. The minimum Gasteiger partial charge on any atom is -0.468 e. The van der Waals surface area contributed by atoms with E-state index in [1.807, 2.05) is 32.3 Å². The highest BCUT2D eigenvalue weighted by Gasteiger charge is 2.16. The number of carbonyl (C=O) groups excluding carboxylic acids is 1. The van der Waals surface area contributed by atoms with Gasteiger partial charge < -0.3 is 15.5 Å². The largest absolute Gasteiger partial charge is 0.468 e. The van der Waals surface area contributed by atoms with Crippen LogP contribution in [-0.4, -0.2) is 31.4 Å². The Hall–Kier alpha value is -1.63. The van der Waals surface area contributed by atoms with E-state index in [9.17, 15) is 4.79 Å². The van der Waals surface area contributed by atoms with Gasteiger partial charge in [-0.05, 0) is 32.3 Å². The molecule has 0 fully saturated rings. The fourth-order valence-corrected chi connectivity index (χ4v) is 2.80. The lowest BCUT2D eigenvalue weighted by Crippen LogP contribution is -2.30. The Morgan fingerprint density at radius 2 is 2.35 bits per heavy atom. The van der Waals surface area contributed by atoms with Crippen LogP contribution < -0.4 is 11.1 Å². The van der Waals surface area contributed by atoms with Crippen LogP contribution in [0, 0.1) is 0 Å². The molecule has 0 saturated heterocycles. The van der Waals surface area contributed by atoms with Gasteiger partial charge in [0.1, 0.15) is 5.76 Å². The van der Waals surface area contributed by atoms with Gasteiger partial charge in [-0.2, -0.15) is 0 Å². The van der Waals surface area contributed by atoms with E-state index in [-0.39, 0.29) is 11.9 Å². The number of nitrogens with zero attached hydrogens (tertiary/aromatic N) is 1. The van der Waals surface area contributed by atoms with Crippen molar-refractivity contribution in [2.75, 3.05) is 20.6 Å². The highest BCUT2D eigenvalue weighted by molar-refractivity contribution is 7.10. The Bertz CT molecular complexity index is 549. The Balaban J connectivity index is 1.88. The summed E-state index contributed by atoms with van der Waals surface area (Å²) in [6.07, 6.45) is 1.68.